The van der Waals surface area contributed by atoms with Gasteiger partial charge in [0, 0.05) is 24.7 Å². The van der Waals surface area contributed by atoms with Gasteiger partial charge in [-0.05, 0) is 19.3 Å². The number of anilines is 1. The molecule has 0 saturated heterocycles. The van der Waals surface area contributed by atoms with Crippen molar-refractivity contribution < 1.29 is 13.9 Å². The number of halogens is 2. The zero-order valence-electron chi connectivity index (χ0n) is 12.2. The van der Waals surface area contributed by atoms with Crippen LogP contribution in [0, 0.1) is 5.82 Å². The topological polar surface area (TPSA) is 56.1 Å². The van der Waals surface area contributed by atoms with Gasteiger partial charge in [-0.1, -0.05) is 11.6 Å². The quantitative estimate of drug-likeness (QED) is 0.944. The molecule has 5 nitrogen and oxygen atoms in total. The molecule has 22 heavy (non-hydrogen) atoms. The van der Waals surface area contributed by atoms with Crippen LogP contribution in [0.2, 0.25) is 5.02 Å². The largest absolute Gasteiger partial charge is 0.495 e. The summed E-state index contributed by atoms with van der Waals surface area (Å²) in [4.78, 5) is 12.5. The van der Waals surface area contributed by atoms with Gasteiger partial charge in [-0.25, -0.2) is 4.39 Å². The summed E-state index contributed by atoms with van der Waals surface area (Å²) < 4.78 is 20.3. The third-order valence-electron chi connectivity index (χ3n) is 3.77. The maximum atomic E-state index is 13.6. The van der Waals surface area contributed by atoms with E-state index in [4.69, 9.17) is 16.3 Å². The fourth-order valence-electron chi connectivity index (χ4n) is 2.78. The third-order valence-corrected chi connectivity index (χ3v) is 4.06. The Labute approximate surface area is 132 Å². The molecule has 0 radical (unpaired) electrons. The SMILES string of the molecule is COc1cc(Cl)c(F)cc1NC(=O)c1c2c(nn1C)CCC2. The average Bonchev–Trinajstić information content (AvgIpc) is 3.02. The van der Waals surface area contributed by atoms with Crippen LogP contribution in [0.5, 0.6) is 5.75 Å². The molecule has 3 rings (SSSR count). The summed E-state index contributed by atoms with van der Waals surface area (Å²) in [5.41, 5.74) is 2.67. The average molecular weight is 324 g/mol. The van der Waals surface area contributed by atoms with Gasteiger partial charge in [0.05, 0.1) is 23.5 Å². The highest BCUT2D eigenvalue weighted by Crippen LogP contribution is 2.31. The van der Waals surface area contributed by atoms with E-state index in [-0.39, 0.29) is 16.6 Å². The number of nitrogens with zero attached hydrogens (tertiary/aromatic N) is 2. The number of hydrogen-bond donors (Lipinski definition) is 1. The number of carbonyl (C=O) groups excluding carboxylic acids is 1. The van der Waals surface area contributed by atoms with Gasteiger partial charge >= 0.3 is 0 Å². The zero-order valence-corrected chi connectivity index (χ0v) is 13.0. The van der Waals surface area contributed by atoms with Gasteiger partial charge < -0.3 is 10.1 Å². The molecular weight excluding hydrogens is 309 g/mol. The van der Waals surface area contributed by atoms with Crippen LogP contribution in [-0.4, -0.2) is 22.8 Å². The Morgan fingerprint density at radius 3 is 2.95 bits per heavy atom. The number of aryl methyl sites for hydroxylation is 2. The number of amides is 1. The number of aromatic nitrogens is 2. The van der Waals surface area contributed by atoms with E-state index in [2.05, 4.69) is 10.4 Å². The Kier molecular flexibility index (Phi) is 3.78. The highest BCUT2D eigenvalue weighted by molar-refractivity contribution is 6.31. The molecule has 0 spiro atoms. The van der Waals surface area contributed by atoms with Crippen molar-refractivity contribution in [3.05, 3.63) is 39.9 Å². The second-order valence-electron chi connectivity index (χ2n) is 5.17. The standard InChI is InChI=1S/C15H15ClFN3O2/c1-20-14(8-4-3-5-11(8)19-20)15(21)18-12-7-10(17)9(16)6-13(12)22-2/h6-7H,3-5H2,1-2H3,(H,18,21). The van der Waals surface area contributed by atoms with Gasteiger partial charge in [0.15, 0.2) is 0 Å². The maximum Gasteiger partial charge on any atom is 0.274 e. The van der Waals surface area contributed by atoms with Crippen LogP contribution in [0.15, 0.2) is 12.1 Å². The molecule has 1 amide bonds. The summed E-state index contributed by atoms with van der Waals surface area (Å²) in [6.07, 6.45) is 2.71. The highest BCUT2D eigenvalue weighted by Gasteiger charge is 2.26. The van der Waals surface area contributed by atoms with Crippen molar-refractivity contribution in [2.45, 2.75) is 19.3 Å². The smallest absolute Gasteiger partial charge is 0.274 e. The van der Waals surface area contributed by atoms with Gasteiger partial charge in [0.25, 0.3) is 5.91 Å². The van der Waals surface area contributed by atoms with Gasteiger partial charge in [0.1, 0.15) is 17.3 Å². The van der Waals surface area contributed by atoms with E-state index in [0.29, 0.717) is 11.4 Å². The van der Waals surface area contributed by atoms with Crippen molar-refractivity contribution in [3.8, 4) is 5.75 Å². The van der Waals surface area contributed by atoms with Crippen LogP contribution < -0.4 is 10.1 Å². The van der Waals surface area contributed by atoms with Crippen molar-refractivity contribution in [3.63, 3.8) is 0 Å². The predicted molar refractivity (Wildman–Crippen MR) is 81.1 cm³/mol. The number of rotatable bonds is 3. The first kappa shape index (κ1) is 14.8. The van der Waals surface area contributed by atoms with E-state index >= 15 is 0 Å². The molecule has 1 aromatic heterocycles. The van der Waals surface area contributed by atoms with Crippen LogP contribution in [0.3, 0.4) is 0 Å². The Morgan fingerprint density at radius 1 is 1.45 bits per heavy atom. The fourth-order valence-corrected chi connectivity index (χ4v) is 2.93. The first-order valence-electron chi connectivity index (χ1n) is 6.90. The molecule has 0 unspecified atom stereocenters. The van der Waals surface area contributed by atoms with Gasteiger partial charge in [-0.15, -0.1) is 0 Å². The van der Waals surface area contributed by atoms with E-state index in [1.165, 1.54) is 13.2 Å². The Balaban J connectivity index is 1.94. The lowest BCUT2D eigenvalue weighted by Crippen LogP contribution is -2.18. The van der Waals surface area contributed by atoms with Crippen molar-refractivity contribution >= 4 is 23.2 Å². The first-order chi connectivity index (χ1) is 10.5. The van der Waals surface area contributed by atoms with E-state index in [1.807, 2.05) is 0 Å². The van der Waals surface area contributed by atoms with Crippen molar-refractivity contribution in [1.82, 2.24) is 9.78 Å². The molecule has 1 aliphatic carbocycles. The Morgan fingerprint density at radius 2 is 2.23 bits per heavy atom. The van der Waals surface area contributed by atoms with Gasteiger partial charge in [-0.3, -0.25) is 9.48 Å². The second kappa shape index (κ2) is 5.61. The van der Waals surface area contributed by atoms with Crippen LogP contribution in [0.1, 0.15) is 28.2 Å². The zero-order chi connectivity index (χ0) is 15.9. The van der Waals surface area contributed by atoms with Crippen LogP contribution >= 0.6 is 11.6 Å². The molecule has 1 aromatic carbocycles. The van der Waals surface area contributed by atoms with Crippen LogP contribution in [0.25, 0.3) is 0 Å². The van der Waals surface area contributed by atoms with Crippen LogP contribution in [0.4, 0.5) is 10.1 Å². The van der Waals surface area contributed by atoms with E-state index in [1.54, 1.807) is 11.7 Å². The number of fused-ring (bicyclic) bond motifs is 1. The molecule has 1 aliphatic rings. The van der Waals surface area contributed by atoms with E-state index in [9.17, 15) is 9.18 Å². The molecule has 0 atom stereocenters. The van der Waals surface area contributed by atoms with E-state index in [0.717, 1.165) is 36.6 Å². The lowest BCUT2D eigenvalue weighted by molar-refractivity contribution is 0.101. The van der Waals surface area contributed by atoms with Crippen LogP contribution in [-0.2, 0) is 19.9 Å². The number of methoxy groups -OCH3 is 1. The van der Waals surface area contributed by atoms with E-state index < -0.39 is 5.82 Å². The third kappa shape index (κ3) is 2.43. The maximum absolute atomic E-state index is 13.6. The fraction of sp³-hybridized carbons (Fsp3) is 0.333. The number of benzene rings is 1. The molecular formula is C15H15ClFN3O2. The normalized spacial score (nSPS) is 13.1. The summed E-state index contributed by atoms with van der Waals surface area (Å²) in [5.74, 6) is -0.648. The molecule has 0 aliphatic heterocycles. The summed E-state index contributed by atoms with van der Waals surface area (Å²) in [7, 11) is 3.16. The number of carbonyl (C=O) groups is 1. The Hall–Kier alpha value is -2.08. The van der Waals surface area contributed by atoms with Gasteiger partial charge in [0.2, 0.25) is 0 Å². The number of hydrogen-bond acceptors (Lipinski definition) is 3. The lowest BCUT2D eigenvalue weighted by atomic mass is 10.2. The first-order valence-corrected chi connectivity index (χ1v) is 7.28. The second-order valence-corrected chi connectivity index (χ2v) is 5.58. The highest BCUT2D eigenvalue weighted by atomic mass is 35.5. The molecule has 1 heterocycles. The Bertz CT molecular complexity index is 758. The number of nitrogens with one attached hydrogen (secondary N) is 1. The monoisotopic (exact) mass is 323 g/mol. The molecule has 1 N–H and O–H groups in total. The van der Waals surface area contributed by atoms with Crippen molar-refractivity contribution in [2.24, 2.45) is 7.05 Å². The summed E-state index contributed by atoms with van der Waals surface area (Å²) in [6.45, 7) is 0. The molecule has 0 bridgehead atoms. The van der Waals surface area contributed by atoms with Crippen molar-refractivity contribution in [1.29, 1.82) is 0 Å². The minimum Gasteiger partial charge on any atom is -0.495 e. The lowest BCUT2D eigenvalue weighted by Gasteiger charge is -2.12. The minimum atomic E-state index is -0.618. The van der Waals surface area contributed by atoms with Gasteiger partial charge in [-0.2, -0.15) is 5.10 Å². The molecule has 116 valence electrons. The summed E-state index contributed by atoms with van der Waals surface area (Å²) >= 11 is 5.72. The van der Waals surface area contributed by atoms with Crippen molar-refractivity contribution in [2.75, 3.05) is 12.4 Å². The predicted octanol–water partition coefficient (Wildman–Crippen LogP) is 2.96. The summed E-state index contributed by atoms with van der Waals surface area (Å²) in [5, 5.41) is 6.98. The summed E-state index contributed by atoms with van der Waals surface area (Å²) in [6, 6.07) is 2.48. The molecule has 0 saturated carbocycles. The number of ether oxygens (including phenoxy) is 1. The minimum absolute atomic E-state index is 0.0590. The molecule has 7 heteroatoms. The molecule has 2 aromatic rings. The molecule has 0 fully saturated rings.